The van der Waals surface area contributed by atoms with Gasteiger partial charge in [-0.2, -0.15) is 11.8 Å². The van der Waals surface area contributed by atoms with Gasteiger partial charge in [-0.3, -0.25) is 4.79 Å². The van der Waals surface area contributed by atoms with Crippen LogP contribution in [0.25, 0.3) is 0 Å². The topological polar surface area (TPSA) is 55.6 Å². The van der Waals surface area contributed by atoms with Crippen LogP contribution in [0.1, 0.15) is 16.8 Å². The number of hydrogen-bond donors (Lipinski definition) is 1. The Hall–Kier alpha value is -1.36. The van der Waals surface area contributed by atoms with Gasteiger partial charge in [-0.1, -0.05) is 0 Å². The van der Waals surface area contributed by atoms with E-state index < -0.39 is 0 Å². The minimum absolute atomic E-state index is 0.0114. The Morgan fingerprint density at radius 1 is 1.56 bits per heavy atom. The van der Waals surface area contributed by atoms with E-state index in [1.807, 2.05) is 18.8 Å². The van der Waals surface area contributed by atoms with Gasteiger partial charge in [0.2, 0.25) is 0 Å². The van der Waals surface area contributed by atoms with Gasteiger partial charge in [0.05, 0.1) is 12.7 Å². The Kier molecular flexibility index (Phi) is 4.01. The number of carbonyl (C=O) groups is 1. The first-order valence-electron chi connectivity index (χ1n) is 5.92. The average molecular weight is 266 g/mol. The molecule has 1 saturated heterocycles. The molecule has 1 aromatic rings. The zero-order chi connectivity index (χ0) is 13.1. The van der Waals surface area contributed by atoms with E-state index in [2.05, 4.69) is 0 Å². The number of anilines is 1. The third-order valence-corrected chi connectivity index (χ3v) is 4.41. The molecule has 1 atom stereocenters. The molecular weight excluding hydrogens is 248 g/mol. The molecule has 0 aromatic heterocycles. The minimum atomic E-state index is -0.0114. The second-order valence-electron chi connectivity index (χ2n) is 4.39. The summed E-state index contributed by atoms with van der Waals surface area (Å²) in [4.78, 5) is 14.2. The zero-order valence-electron chi connectivity index (χ0n) is 10.7. The van der Waals surface area contributed by atoms with Gasteiger partial charge >= 0.3 is 0 Å². The molecule has 0 aliphatic carbocycles. The zero-order valence-corrected chi connectivity index (χ0v) is 11.5. The molecule has 98 valence electrons. The number of rotatable bonds is 3. The predicted molar refractivity (Wildman–Crippen MR) is 75.2 cm³/mol. The molecule has 0 radical (unpaired) electrons. The quantitative estimate of drug-likeness (QED) is 0.848. The van der Waals surface area contributed by atoms with Crippen molar-refractivity contribution in [3.05, 3.63) is 23.8 Å². The van der Waals surface area contributed by atoms with Crippen LogP contribution in [0, 0.1) is 0 Å². The van der Waals surface area contributed by atoms with Crippen LogP contribution in [-0.2, 0) is 0 Å². The van der Waals surface area contributed by atoms with Gasteiger partial charge in [-0.25, -0.2) is 0 Å². The van der Waals surface area contributed by atoms with Crippen molar-refractivity contribution in [1.29, 1.82) is 0 Å². The van der Waals surface area contributed by atoms with E-state index in [1.165, 1.54) is 0 Å². The summed E-state index contributed by atoms with van der Waals surface area (Å²) >= 11 is 1.89. The fourth-order valence-corrected chi connectivity index (χ4v) is 3.31. The van der Waals surface area contributed by atoms with E-state index in [0.29, 0.717) is 23.0 Å². The number of nitrogens with two attached hydrogens (primary N) is 1. The fourth-order valence-electron chi connectivity index (χ4n) is 2.05. The second kappa shape index (κ2) is 5.52. The van der Waals surface area contributed by atoms with Crippen LogP contribution in [-0.4, -0.2) is 42.5 Å². The second-order valence-corrected chi connectivity index (χ2v) is 5.54. The lowest BCUT2D eigenvalue weighted by molar-refractivity contribution is 0.0749. The number of carbonyl (C=O) groups excluding carboxylic acids is 1. The van der Waals surface area contributed by atoms with Crippen molar-refractivity contribution in [2.75, 3.05) is 31.4 Å². The van der Waals surface area contributed by atoms with E-state index in [1.54, 1.807) is 30.2 Å². The highest BCUT2D eigenvalue weighted by Crippen LogP contribution is 2.25. The van der Waals surface area contributed by atoms with Crippen molar-refractivity contribution in [2.24, 2.45) is 0 Å². The molecule has 1 aliphatic heterocycles. The highest BCUT2D eigenvalue weighted by atomic mass is 32.2. The van der Waals surface area contributed by atoms with Gasteiger partial charge in [-0.05, 0) is 24.3 Å². The smallest absolute Gasteiger partial charge is 0.255 e. The maximum absolute atomic E-state index is 12.3. The van der Waals surface area contributed by atoms with Gasteiger partial charge in [-0.15, -0.1) is 0 Å². The normalized spacial score (nSPS) is 18.7. The molecule has 1 amide bonds. The third kappa shape index (κ3) is 2.56. The highest BCUT2D eigenvalue weighted by Gasteiger charge is 2.25. The highest BCUT2D eigenvalue weighted by molar-refractivity contribution is 7.99. The average Bonchev–Trinajstić information content (AvgIpc) is 2.90. The number of nitrogens with zero attached hydrogens (tertiary/aromatic N) is 1. The Bertz CT molecular complexity index is 445. The van der Waals surface area contributed by atoms with E-state index in [0.717, 1.165) is 17.9 Å². The number of ether oxygens (including phenoxy) is 1. The summed E-state index contributed by atoms with van der Waals surface area (Å²) in [5.74, 6) is 2.80. The van der Waals surface area contributed by atoms with Gasteiger partial charge < -0.3 is 15.4 Å². The van der Waals surface area contributed by atoms with Crippen molar-refractivity contribution in [3.8, 4) is 5.75 Å². The third-order valence-electron chi connectivity index (χ3n) is 3.26. The number of thioether (sulfide) groups is 1. The lowest BCUT2D eigenvalue weighted by Gasteiger charge is -2.24. The Balaban J connectivity index is 2.17. The maximum Gasteiger partial charge on any atom is 0.255 e. The van der Waals surface area contributed by atoms with Gasteiger partial charge in [0.1, 0.15) is 5.75 Å². The number of hydrogen-bond acceptors (Lipinski definition) is 4. The van der Waals surface area contributed by atoms with Crippen LogP contribution < -0.4 is 10.5 Å². The number of benzene rings is 1. The number of nitrogen functional groups attached to an aromatic ring is 1. The SMILES string of the molecule is COc1ccc(C(=O)N(C)C2CCSC2)c(N)c1. The van der Waals surface area contributed by atoms with E-state index in [9.17, 15) is 4.79 Å². The minimum Gasteiger partial charge on any atom is -0.497 e. The Labute approximate surface area is 111 Å². The largest absolute Gasteiger partial charge is 0.497 e. The Morgan fingerprint density at radius 3 is 2.89 bits per heavy atom. The molecule has 0 spiro atoms. The van der Waals surface area contributed by atoms with Crippen LogP contribution in [0.4, 0.5) is 5.69 Å². The van der Waals surface area contributed by atoms with Crippen molar-refractivity contribution in [3.63, 3.8) is 0 Å². The van der Waals surface area contributed by atoms with E-state index >= 15 is 0 Å². The molecule has 0 saturated carbocycles. The van der Waals surface area contributed by atoms with Gasteiger partial charge in [0.25, 0.3) is 5.91 Å². The molecule has 1 aromatic carbocycles. The van der Waals surface area contributed by atoms with Crippen LogP contribution >= 0.6 is 11.8 Å². The van der Waals surface area contributed by atoms with Crippen molar-refractivity contribution < 1.29 is 9.53 Å². The molecule has 2 N–H and O–H groups in total. The van der Waals surface area contributed by atoms with E-state index in [4.69, 9.17) is 10.5 Å². The predicted octanol–water partition coefficient (Wildman–Crippen LogP) is 1.85. The summed E-state index contributed by atoms with van der Waals surface area (Å²) in [6, 6.07) is 5.50. The summed E-state index contributed by atoms with van der Waals surface area (Å²) < 4.78 is 5.08. The monoisotopic (exact) mass is 266 g/mol. The van der Waals surface area contributed by atoms with Crippen molar-refractivity contribution >= 4 is 23.4 Å². The lowest BCUT2D eigenvalue weighted by atomic mass is 10.1. The van der Waals surface area contributed by atoms with Crippen molar-refractivity contribution in [1.82, 2.24) is 4.90 Å². The first-order valence-corrected chi connectivity index (χ1v) is 7.07. The molecule has 1 heterocycles. The first kappa shape index (κ1) is 13.1. The molecule has 5 heteroatoms. The van der Waals surface area contributed by atoms with E-state index in [-0.39, 0.29) is 5.91 Å². The maximum atomic E-state index is 12.3. The summed E-state index contributed by atoms with van der Waals surface area (Å²) in [5.41, 5.74) is 6.92. The first-order chi connectivity index (χ1) is 8.63. The summed E-state index contributed by atoms with van der Waals surface area (Å²) in [7, 11) is 3.43. The molecule has 1 fully saturated rings. The Morgan fingerprint density at radius 2 is 2.33 bits per heavy atom. The molecule has 0 bridgehead atoms. The molecule has 2 rings (SSSR count). The van der Waals surface area contributed by atoms with Crippen molar-refractivity contribution in [2.45, 2.75) is 12.5 Å². The molecular formula is C13H18N2O2S. The lowest BCUT2D eigenvalue weighted by Crippen LogP contribution is -2.37. The molecule has 1 aliphatic rings. The van der Waals surface area contributed by atoms with Gasteiger partial charge in [0.15, 0.2) is 0 Å². The summed E-state index contributed by atoms with van der Waals surface area (Å²) in [6.45, 7) is 0. The van der Waals surface area contributed by atoms with Crippen LogP contribution in [0.15, 0.2) is 18.2 Å². The fraction of sp³-hybridized carbons (Fsp3) is 0.462. The van der Waals surface area contributed by atoms with Crippen LogP contribution in [0.2, 0.25) is 0 Å². The van der Waals surface area contributed by atoms with Crippen LogP contribution in [0.3, 0.4) is 0 Å². The molecule has 1 unspecified atom stereocenters. The molecule has 18 heavy (non-hydrogen) atoms. The summed E-state index contributed by atoms with van der Waals surface area (Å²) in [5, 5.41) is 0. The number of methoxy groups -OCH3 is 1. The molecule has 4 nitrogen and oxygen atoms in total. The standard InChI is InChI=1S/C13H18N2O2S/c1-15(9-5-6-18-8-9)13(16)11-4-3-10(17-2)7-12(11)14/h3-4,7,9H,5-6,8,14H2,1-2H3. The van der Waals surface area contributed by atoms with Gasteiger partial charge in [0, 0.05) is 30.6 Å². The van der Waals surface area contributed by atoms with Crippen LogP contribution in [0.5, 0.6) is 5.75 Å². The summed E-state index contributed by atoms with van der Waals surface area (Å²) in [6.07, 6.45) is 1.06. The number of amides is 1.